The molecule has 0 nitrogen and oxygen atoms in total. The summed E-state index contributed by atoms with van der Waals surface area (Å²) in [5.41, 5.74) is 0. The lowest BCUT2D eigenvalue weighted by Gasteiger charge is -1.71. The summed E-state index contributed by atoms with van der Waals surface area (Å²) in [5, 5.41) is 0. The molecule has 0 bridgehead atoms. The van der Waals surface area contributed by atoms with Gasteiger partial charge in [-0.05, 0) is 0 Å². The van der Waals surface area contributed by atoms with E-state index in [1.807, 2.05) is 0 Å². The normalized spacial score (nSPS) is 7.20. The lowest BCUT2D eigenvalue weighted by Crippen LogP contribution is -1.47. The van der Waals surface area contributed by atoms with Gasteiger partial charge < -0.3 is 0 Å². The molecule has 0 fully saturated rings. The number of hydrogen-bond donors (Lipinski definition) is 0. The fourth-order valence-electron chi connectivity index (χ4n) is 0. The van der Waals surface area contributed by atoms with Crippen LogP contribution in [-0.4, -0.2) is -0.0619 Å². The van der Waals surface area contributed by atoms with E-state index in [-0.39, 0.29) is 12.4 Å². The Hall–Kier alpha value is 2.48. The molecule has 34 valence electrons. The quantitative estimate of drug-likeness (QED) is 0.410. The molecule has 0 spiro atoms. The summed E-state index contributed by atoms with van der Waals surface area (Å²) in [4.78, 5) is 0. The number of rotatable bonds is 0. The molecule has 0 unspecified atom stereocenters. The van der Waals surface area contributed by atoms with Crippen molar-refractivity contribution in [1.29, 1.82) is 0 Å². The first kappa shape index (κ1) is 10.5. The van der Waals surface area contributed by atoms with Crippen molar-refractivity contribution in [1.82, 2.24) is 0 Å². The van der Waals surface area contributed by atoms with Crippen molar-refractivity contribution >= 4 is 80.2 Å². The summed E-state index contributed by atoms with van der Waals surface area (Å²) in [6, 6.07) is 0. The highest BCUT2D eigenvalue weighted by Crippen LogP contribution is 2.16. The van der Waals surface area contributed by atoms with Gasteiger partial charge in [-0.15, -0.1) is 12.4 Å². The van der Waals surface area contributed by atoms with Gasteiger partial charge in [-0.2, -0.15) is 0 Å². The van der Waals surface area contributed by atoms with E-state index < -0.39 is 0 Å². The summed E-state index contributed by atoms with van der Waals surface area (Å²) in [7, 11) is 0. The predicted molar refractivity (Wildman–Crippen MR) is 53.1 cm³/mol. The largest absolute Gasteiger partial charge is 0.147 e. The minimum absolute atomic E-state index is 0. The maximum atomic E-state index is 2.32. The van der Waals surface area contributed by atoms with Gasteiger partial charge in [0.05, 0.1) is 0 Å². The van der Waals surface area contributed by atoms with E-state index in [4.69, 9.17) is 0 Å². The zero-order valence-corrected chi connectivity index (χ0v) is 9.41. The second-order valence-corrected chi connectivity index (χ2v) is 11.1. The zero-order chi connectivity index (χ0) is 3.58. The van der Waals surface area contributed by atoms with E-state index in [1.165, 1.54) is 0 Å². The van der Waals surface area contributed by atoms with Gasteiger partial charge in [-0.25, -0.2) is 0 Å². The van der Waals surface area contributed by atoms with Gasteiger partial charge in [-0.1, -0.05) is 67.8 Å². The highest BCUT2D eigenvalue weighted by Gasteiger charge is 1.76. The van der Waals surface area contributed by atoms with Crippen LogP contribution in [0, 0.1) is 0 Å². The first-order valence-electron chi connectivity index (χ1n) is 0.655. The standard InChI is InChI=1S/CHI3.ClH/c2-1(3)4;/h1H;1H. The van der Waals surface area contributed by atoms with Gasteiger partial charge in [0.1, 0.15) is -0.0619 Å². The Kier molecular flexibility index (Phi) is 13.6. The first-order valence-corrected chi connectivity index (χ1v) is 4.39. The third-order valence-electron chi connectivity index (χ3n) is 0. The number of alkyl halides is 3. The number of halogens is 4. The Morgan fingerprint density at radius 1 is 1.00 bits per heavy atom. The van der Waals surface area contributed by atoms with E-state index >= 15 is 0 Å². The van der Waals surface area contributed by atoms with Gasteiger partial charge in [0.25, 0.3) is 0 Å². The van der Waals surface area contributed by atoms with Gasteiger partial charge >= 0.3 is 0 Å². The molecular weight excluding hydrogens is 428 g/mol. The summed E-state index contributed by atoms with van der Waals surface area (Å²) in [6.45, 7) is 0. The van der Waals surface area contributed by atoms with Gasteiger partial charge in [0, 0.05) is 0 Å². The molecule has 0 aromatic rings. The third kappa shape index (κ3) is 21.1. The van der Waals surface area contributed by atoms with Gasteiger partial charge in [-0.3, -0.25) is 0 Å². The van der Waals surface area contributed by atoms with Crippen LogP contribution >= 0.6 is 80.2 Å². The lowest BCUT2D eigenvalue weighted by atomic mass is 12.0. The molecule has 4 heteroatoms. The van der Waals surface area contributed by atoms with Gasteiger partial charge in [0.2, 0.25) is 0 Å². The van der Waals surface area contributed by atoms with Crippen LogP contribution < -0.4 is 0 Å². The van der Waals surface area contributed by atoms with Crippen LogP contribution in [0.2, 0.25) is 0 Å². The van der Waals surface area contributed by atoms with Crippen LogP contribution in [-0.2, 0) is 0 Å². The van der Waals surface area contributed by atoms with Crippen LogP contribution in [0.15, 0.2) is 0 Å². The minimum Gasteiger partial charge on any atom is -0.147 e. The van der Waals surface area contributed by atoms with Crippen LogP contribution in [0.5, 0.6) is 0 Å². The highest BCUT2D eigenvalue weighted by atomic mass is 127. The maximum absolute atomic E-state index is 2.32. The average Bonchev–Trinajstić information content (AvgIpc) is 0.811. The van der Waals surface area contributed by atoms with Crippen molar-refractivity contribution < 1.29 is 0 Å². The van der Waals surface area contributed by atoms with Crippen molar-refractivity contribution in [2.75, 3.05) is 0 Å². The molecule has 0 aliphatic rings. The molecule has 0 aromatic carbocycles. The Labute approximate surface area is 78.7 Å². The molecule has 5 heavy (non-hydrogen) atoms. The Bertz CT molecular complexity index is 11.6. The van der Waals surface area contributed by atoms with E-state index in [0.717, 1.165) is -0.0619 Å². The van der Waals surface area contributed by atoms with Crippen LogP contribution in [0.25, 0.3) is 0 Å². The highest BCUT2D eigenvalue weighted by molar-refractivity contribution is 14.3. The summed E-state index contributed by atoms with van der Waals surface area (Å²) in [5.74, 6) is 0. The molecule has 0 aliphatic carbocycles. The topological polar surface area (TPSA) is 0 Å². The first-order chi connectivity index (χ1) is 1.73. The van der Waals surface area contributed by atoms with Crippen molar-refractivity contribution in [2.45, 2.75) is -0.0619 Å². The summed E-state index contributed by atoms with van der Waals surface area (Å²) < 4.78 is 0.743. The Morgan fingerprint density at radius 3 is 1.00 bits per heavy atom. The third-order valence-corrected chi connectivity index (χ3v) is 0. The minimum atomic E-state index is 0. The van der Waals surface area contributed by atoms with E-state index in [9.17, 15) is 0 Å². The molecular formula is CH2ClI3. The molecule has 0 saturated carbocycles. The molecule has 0 saturated heterocycles. The molecule has 0 aliphatic heterocycles. The van der Waals surface area contributed by atoms with E-state index in [0.29, 0.717) is 0 Å². The monoisotopic (exact) mass is 430 g/mol. The van der Waals surface area contributed by atoms with Crippen molar-refractivity contribution in [3.8, 4) is 0 Å². The molecule has 0 radical (unpaired) electrons. The SMILES string of the molecule is Cl.IC(I)I. The van der Waals surface area contributed by atoms with E-state index in [1.54, 1.807) is 0 Å². The summed E-state index contributed by atoms with van der Waals surface area (Å²) in [6.07, 6.45) is 0. The van der Waals surface area contributed by atoms with Crippen molar-refractivity contribution in [2.24, 2.45) is 0 Å². The molecule has 0 aromatic heterocycles. The maximum Gasteiger partial charge on any atom is 0.114 e. The second-order valence-electron chi connectivity index (χ2n) is 0.247. The number of hydrogen-bond acceptors (Lipinski definition) is 0. The van der Waals surface area contributed by atoms with Crippen LogP contribution in [0.1, 0.15) is 0 Å². The van der Waals surface area contributed by atoms with Crippen LogP contribution in [0.4, 0.5) is 0 Å². The van der Waals surface area contributed by atoms with E-state index in [2.05, 4.69) is 67.8 Å². The Morgan fingerprint density at radius 2 is 1.00 bits per heavy atom. The molecule has 0 rings (SSSR count). The fourth-order valence-corrected chi connectivity index (χ4v) is 0. The van der Waals surface area contributed by atoms with Crippen molar-refractivity contribution in [3.05, 3.63) is 0 Å². The summed E-state index contributed by atoms with van der Waals surface area (Å²) >= 11 is 6.95. The zero-order valence-electron chi connectivity index (χ0n) is 2.12. The molecule has 0 atom stereocenters. The molecule has 0 N–H and O–H groups in total. The molecule has 0 heterocycles. The Balaban J connectivity index is 0. The second kappa shape index (κ2) is 6.48. The lowest BCUT2D eigenvalue weighted by molar-refractivity contribution is 2.47. The van der Waals surface area contributed by atoms with Gasteiger partial charge in [0.15, 0.2) is 0 Å². The predicted octanol–water partition coefficient (Wildman–Crippen LogP) is 3.00. The van der Waals surface area contributed by atoms with Crippen molar-refractivity contribution in [3.63, 3.8) is 0 Å². The fraction of sp³-hybridized carbons (Fsp3) is 1.00. The van der Waals surface area contributed by atoms with Crippen LogP contribution in [0.3, 0.4) is 0 Å². The molecule has 0 amide bonds. The smallest absolute Gasteiger partial charge is 0.114 e. The average molecular weight is 430 g/mol.